The number of carbonyl (C=O) groups excluding carboxylic acids is 1. The Balaban J connectivity index is 2.10. The fourth-order valence-electron chi connectivity index (χ4n) is 1.73. The number of hydrogen-bond acceptors (Lipinski definition) is 2. The first kappa shape index (κ1) is 13.3. The number of nitrogens with zero attached hydrogens (tertiary/aromatic N) is 1. The van der Waals surface area contributed by atoms with Crippen LogP contribution in [0.5, 0.6) is 0 Å². The van der Waals surface area contributed by atoms with Crippen LogP contribution >= 0.6 is 0 Å². The van der Waals surface area contributed by atoms with E-state index >= 15 is 0 Å². The summed E-state index contributed by atoms with van der Waals surface area (Å²) in [6.07, 6.45) is 4.20. The van der Waals surface area contributed by atoms with Crippen LogP contribution in [0, 0.1) is 0 Å². The van der Waals surface area contributed by atoms with Crippen molar-refractivity contribution in [1.82, 2.24) is 10.3 Å². The molecule has 1 N–H and O–H groups in total. The van der Waals surface area contributed by atoms with Crippen molar-refractivity contribution in [3.05, 3.63) is 48.2 Å². The quantitative estimate of drug-likeness (QED) is 0.851. The van der Waals surface area contributed by atoms with Crippen molar-refractivity contribution in [3.63, 3.8) is 0 Å². The Hall–Kier alpha value is -2.16. The number of hydrogen-bond donors (Lipinski definition) is 1. The highest BCUT2D eigenvalue weighted by molar-refractivity contribution is 5.92. The van der Waals surface area contributed by atoms with E-state index in [2.05, 4.69) is 10.3 Å². The molecule has 2 aromatic rings. The topological polar surface area (TPSA) is 42.0 Å². The summed E-state index contributed by atoms with van der Waals surface area (Å²) in [6.45, 7) is 4.03. The molecule has 0 bridgehead atoms. The highest BCUT2D eigenvalue weighted by Gasteiger charge is 2.01. The minimum atomic E-state index is -0.0793. The predicted molar refractivity (Wildman–Crippen MR) is 78.7 cm³/mol. The van der Waals surface area contributed by atoms with Crippen LogP contribution in [-0.4, -0.2) is 16.9 Å². The van der Waals surface area contributed by atoms with Gasteiger partial charge in [-0.05, 0) is 31.6 Å². The molecule has 98 valence electrons. The molecule has 0 aliphatic carbocycles. The first-order chi connectivity index (χ1) is 9.19. The number of amides is 1. The van der Waals surface area contributed by atoms with E-state index in [9.17, 15) is 4.79 Å². The summed E-state index contributed by atoms with van der Waals surface area (Å²) >= 11 is 0. The lowest BCUT2D eigenvalue weighted by Crippen LogP contribution is -2.30. The molecule has 1 amide bonds. The summed E-state index contributed by atoms with van der Waals surface area (Å²) < 4.78 is 0. The molecule has 1 aromatic heterocycles. The minimum absolute atomic E-state index is 0.0793. The van der Waals surface area contributed by atoms with Gasteiger partial charge in [0.25, 0.3) is 0 Å². The van der Waals surface area contributed by atoms with Crippen LogP contribution in [0.1, 0.15) is 26.0 Å². The monoisotopic (exact) mass is 254 g/mol. The molecule has 0 radical (unpaired) electrons. The number of para-hydroxylation sites is 1. The molecule has 0 fully saturated rings. The van der Waals surface area contributed by atoms with E-state index in [-0.39, 0.29) is 11.9 Å². The zero-order chi connectivity index (χ0) is 13.7. The third-order valence-corrected chi connectivity index (χ3v) is 3.03. The number of nitrogens with one attached hydrogen (secondary N) is 1. The van der Waals surface area contributed by atoms with Crippen LogP contribution in [0.4, 0.5) is 0 Å². The number of benzene rings is 1. The number of aromatic nitrogens is 1. The largest absolute Gasteiger partial charge is 0.350 e. The molecule has 19 heavy (non-hydrogen) atoms. The smallest absolute Gasteiger partial charge is 0.244 e. The molecule has 2 rings (SSSR count). The Morgan fingerprint density at radius 1 is 1.32 bits per heavy atom. The summed E-state index contributed by atoms with van der Waals surface area (Å²) in [5.74, 6) is -0.0793. The van der Waals surface area contributed by atoms with E-state index in [1.54, 1.807) is 6.08 Å². The Morgan fingerprint density at radius 3 is 2.89 bits per heavy atom. The van der Waals surface area contributed by atoms with Gasteiger partial charge in [0.2, 0.25) is 5.91 Å². The number of rotatable bonds is 4. The molecule has 0 saturated heterocycles. The summed E-state index contributed by atoms with van der Waals surface area (Å²) in [4.78, 5) is 16.1. The Kier molecular flexibility index (Phi) is 4.29. The second-order valence-electron chi connectivity index (χ2n) is 4.58. The Bertz CT molecular complexity index is 604. The lowest BCUT2D eigenvalue weighted by atomic mass is 10.2. The highest BCUT2D eigenvalue weighted by Crippen LogP contribution is 2.12. The van der Waals surface area contributed by atoms with Gasteiger partial charge in [0.05, 0.1) is 11.2 Å². The fourth-order valence-corrected chi connectivity index (χ4v) is 1.73. The third-order valence-electron chi connectivity index (χ3n) is 3.03. The fraction of sp³-hybridized carbons (Fsp3) is 0.250. The first-order valence-electron chi connectivity index (χ1n) is 6.53. The van der Waals surface area contributed by atoms with E-state index in [4.69, 9.17) is 0 Å². The minimum Gasteiger partial charge on any atom is -0.350 e. The van der Waals surface area contributed by atoms with E-state index < -0.39 is 0 Å². The molecule has 3 heteroatoms. The van der Waals surface area contributed by atoms with Gasteiger partial charge in [-0.15, -0.1) is 0 Å². The van der Waals surface area contributed by atoms with Gasteiger partial charge in [0, 0.05) is 17.5 Å². The van der Waals surface area contributed by atoms with Gasteiger partial charge >= 0.3 is 0 Å². The van der Waals surface area contributed by atoms with E-state index in [0.717, 1.165) is 23.0 Å². The molecule has 1 unspecified atom stereocenters. The summed E-state index contributed by atoms with van der Waals surface area (Å²) in [6, 6.07) is 12.0. The Labute approximate surface area is 113 Å². The van der Waals surface area contributed by atoms with Gasteiger partial charge in [0.15, 0.2) is 0 Å². The van der Waals surface area contributed by atoms with Gasteiger partial charge in [0.1, 0.15) is 0 Å². The average molecular weight is 254 g/mol. The van der Waals surface area contributed by atoms with Gasteiger partial charge < -0.3 is 5.32 Å². The molecule has 0 saturated carbocycles. The molecular formula is C16H18N2O. The number of carbonyl (C=O) groups is 1. The summed E-state index contributed by atoms with van der Waals surface area (Å²) in [7, 11) is 0. The maximum atomic E-state index is 11.6. The molecule has 1 atom stereocenters. The van der Waals surface area contributed by atoms with Crippen LogP contribution < -0.4 is 5.32 Å². The summed E-state index contributed by atoms with van der Waals surface area (Å²) in [5.41, 5.74) is 1.73. The van der Waals surface area contributed by atoms with Crippen LogP contribution in [0.2, 0.25) is 0 Å². The first-order valence-corrected chi connectivity index (χ1v) is 6.53. The van der Waals surface area contributed by atoms with Gasteiger partial charge in [-0.25, -0.2) is 4.98 Å². The molecule has 0 spiro atoms. The van der Waals surface area contributed by atoms with Crippen LogP contribution in [-0.2, 0) is 4.79 Å². The second-order valence-corrected chi connectivity index (χ2v) is 4.58. The molecular weight excluding hydrogens is 236 g/mol. The van der Waals surface area contributed by atoms with Crippen molar-refractivity contribution >= 4 is 22.9 Å². The van der Waals surface area contributed by atoms with Gasteiger partial charge in [-0.3, -0.25) is 4.79 Å². The average Bonchev–Trinajstić information content (AvgIpc) is 2.44. The van der Waals surface area contributed by atoms with Crippen molar-refractivity contribution in [2.24, 2.45) is 0 Å². The Morgan fingerprint density at radius 2 is 2.11 bits per heavy atom. The van der Waals surface area contributed by atoms with Crippen LogP contribution in [0.3, 0.4) is 0 Å². The zero-order valence-corrected chi connectivity index (χ0v) is 11.3. The number of fused-ring (bicyclic) bond motifs is 1. The maximum absolute atomic E-state index is 11.6. The molecule has 1 heterocycles. The van der Waals surface area contributed by atoms with Crippen LogP contribution in [0.15, 0.2) is 42.5 Å². The van der Waals surface area contributed by atoms with E-state index in [1.807, 2.05) is 50.2 Å². The van der Waals surface area contributed by atoms with Gasteiger partial charge in [-0.2, -0.15) is 0 Å². The zero-order valence-electron chi connectivity index (χ0n) is 11.3. The number of pyridine rings is 1. The summed E-state index contributed by atoms with van der Waals surface area (Å²) in [5, 5.41) is 3.98. The van der Waals surface area contributed by atoms with E-state index in [0.29, 0.717) is 0 Å². The second kappa shape index (κ2) is 6.14. The lowest BCUT2D eigenvalue weighted by Gasteiger charge is -2.08. The third kappa shape index (κ3) is 3.65. The molecule has 0 aliphatic heterocycles. The molecule has 3 nitrogen and oxygen atoms in total. The SMILES string of the molecule is CCC(C)NC(=O)/C=C/c1ccc2ccccc2n1. The molecule has 1 aromatic carbocycles. The van der Waals surface area contributed by atoms with Crippen molar-refractivity contribution in [2.45, 2.75) is 26.3 Å². The van der Waals surface area contributed by atoms with Crippen molar-refractivity contribution in [2.75, 3.05) is 0 Å². The van der Waals surface area contributed by atoms with Crippen LogP contribution in [0.25, 0.3) is 17.0 Å². The standard InChI is InChI=1S/C16H18N2O/c1-3-12(2)17-16(19)11-10-14-9-8-13-6-4-5-7-15(13)18-14/h4-12H,3H2,1-2H3,(H,17,19)/b11-10+. The van der Waals surface area contributed by atoms with Gasteiger partial charge in [-0.1, -0.05) is 31.2 Å². The van der Waals surface area contributed by atoms with Crippen molar-refractivity contribution < 1.29 is 4.79 Å². The van der Waals surface area contributed by atoms with Crippen molar-refractivity contribution in [1.29, 1.82) is 0 Å². The van der Waals surface area contributed by atoms with Crippen molar-refractivity contribution in [3.8, 4) is 0 Å². The molecule has 0 aliphatic rings. The normalized spacial score (nSPS) is 12.7. The predicted octanol–water partition coefficient (Wildman–Crippen LogP) is 3.16. The maximum Gasteiger partial charge on any atom is 0.244 e. The van der Waals surface area contributed by atoms with E-state index in [1.165, 1.54) is 6.08 Å². The lowest BCUT2D eigenvalue weighted by molar-refractivity contribution is -0.117. The highest BCUT2D eigenvalue weighted by atomic mass is 16.1.